The second-order valence-electron chi connectivity index (χ2n) is 14.0. The molecular formula is C36H47N7O4. The van der Waals surface area contributed by atoms with E-state index in [9.17, 15) is 14.4 Å². The van der Waals surface area contributed by atoms with E-state index in [1.807, 2.05) is 46.2 Å². The zero-order chi connectivity index (χ0) is 32.4. The van der Waals surface area contributed by atoms with Gasteiger partial charge in [0.25, 0.3) is 0 Å². The minimum Gasteiger partial charge on any atom is -0.445 e. The Kier molecular flexibility index (Phi) is 9.18. The molecule has 4 aliphatic heterocycles. The van der Waals surface area contributed by atoms with Crippen molar-refractivity contribution in [2.24, 2.45) is 11.8 Å². The van der Waals surface area contributed by atoms with E-state index in [-0.39, 0.29) is 25.1 Å². The largest absolute Gasteiger partial charge is 0.445 e. The summed E-state index contributed by atoms with van der Waals surface area (Å²) in [6.45, 7) is 5.05. The fourth-order valence-electron chi connectivity index (χ4n) is 8.69. The molecule has 11 heteroatoms. The molecule has 4 aliphatic rings. The molecule has 1 aromatic heterocycles. The van der Waals surface area contributed by atoms with E-state index in [4.69, 9.17) is 4.74 Å². The lowest BCUT2D eigenvalue weighted by Crippen LogP contribution is -2.69. The lowest BCUT2D eigenvalue weighted by Gasteiger charge is -2.57. The Labute approximate surface area is 276 Å². The molecule has 3 aromatic rings. The standard InChI is InChI=1S/C36H47N7O4/c1-40-15-8-27(9-16-40)28-10-17-41(18-11-28)36(14-21-44)23-31(42-19-12-29-4-2-3-5-32(29)38-34(42)45)13-20-43(36)35(46)47-25-26-6-7-33-30(22-26)24-37-39-33/h2-7,21-22,24,27-28,31H,8-20,23,25H2,1H3,(H,37,39)(H,38,45)/t31-,36+/m1/s1. The predicted molar refractivity (Wildman–Crippen MR) is 180 cm³/mol. The monoisotopic (exact) mass is 641 g/mol. The number of aldehydes is 1. The molecule has 0 unspecified atom stereocenters. The van der Waals surface area contributed by atoms with Crippen molar-refractivity contribution in [2.75, 3.05) is 51.6 Å². The van der Waals surface area contributed by atoms with Crippen LogP contribution in [0.25, 0.3) is 10.9 Å². The van der Waals surface area contributed by atoms with Gasteiger partial charge in [0, 0.05) is 56.1 Å². The summed E-state index contributed by atoms with van der Waals surface area (Å²) in [5.74, 6) is 1.38. The third-order valence-electron chi connectivity index (χ3n) is 11.4. The van der Waals surface area contributed by atoms with Gasteiger partial charge in [-0.25, -0.2) is 9.59 Å². The molecule has 5 heterocycles. The van der Waals surface area contributed by atoms with E-state index in [1.54, 1.807) is 6.20 Å². The van der Waals surface area contributed by atoms with Crippen LogP contribution in [-0.2, 0) is 22.6 Å². The molecule has 3 fully saturated rings. The summed E-state index contributed by atoms with van der Waals surface area (Å²) in [5.41, 5.74) is 2.91. The lowest BCUT2D eigenvalue weighted by atomic mass is 9.77. The number of ether oxygens (including phenoxy) is 1. The van der Waals surface area contributed by atoms with Crippen molar-refractivity contribution in [1.29, 1.82) is 0 Å². The minimum absolute atomic E-state index is 0.119. The maximum atomic E-state index is 14.1. The summed E-state index contributed by atoms with van der Waals surface area (Å²) >= 11 is 0. The Morgan fingerprint density at radius 1 is 1.00 bits per heavy atom. The number of carbonyl (C=O) groups is 3. The van der Waals surface area contributed by atoms with Crippen molar-refractivity contribution in [3.8, 4) is 0 Å². The van der Waals surface area contributed by atoms with Crippen LogP contribution in [0.15, 0.2) is 48.7 Å². The number of rotatable bonds is 7. The minimum atomic E-state index is -0.868. The molecule has 250 valence electrons. The van der Waals surface area contributed by atoms with Gasteiger partial charge in [-0.1, -0.05) is 24.3 Å². The predicted octanol–water partition coefficient (Wildman–Crippen LogP) is 5.09. The van der Waals surface area contributed by atoms with Crippen LogP contribution >= 0.6 is 0 Å². The van der Waals surface area contributed by atoms with Gasteiger partial charge in [0.05, 0.1) is 11.7 Å². The fraction of sp³-hybridized carbons (Fsp3) is 0.556. The number of anilines is 1. The summed E-state index contributed by atoms with van der Waals surface area (Å²) < 4.78 is 5.99. The topological polar surface area (TPSA) is 114 Å². The van der Waals surface area contributed by atoms with Gasteiger partial charge in [0.1, 0.15) is 18.6 Å². The summed E-state index contributed by atoms with van der Waals surface area (Å²) in [4.78, 5) is 48.8. The SMILES string of the molecule is CN1CCC(C2CCN([C@]3(CC=O)C[C@H](N4CCc5ccccc5NC4=O)CCN3C(=O)OCc3ccc4[nH]ncc4c3)CC2)CC1. The van der Waals surface area contributed by atoms with Crippen LogP contribution in [0.2, 0.25) is 0 Å². The quantitative estimate of drug-likeness (QED) is 0.346. The number of fused-ring (bicyclic) bond motifs is 2. The van der Waals surface area contributed by atoms with Crippen LogP contribution in [0.4, 0.5) is 15.3 Å². The Balaban J connectivity index is 1.12. The Hall–Kier alpha value is -3.96. The van der Waals surface area contributed by atoms with Crippen LogP contribution < -0.4 is 5.32 Å². The van der Waals surface area contributed by atoms with Gasteiger partial charge in [-0.3, -0.25) is 14.9 Å². The summed E-state index contributed by atoms with van der Waals surface area (Å²) in [7, 11) is 2.20. The van der Waals surface area contributed by atoms with Crippen LogP contribution in [-0.4, -0.2) is 106 Å². The van der Waals surface area contributed by atoms with E-state index in [1.165, 1.54) is 12.8 Å². The van der Waals surface area contributed by atoms with Crippen molar-refractivity contribution in [1.82, 2.24) is 29.8 Å². The first-order valence-corrected chi connectivity index (χ1v) is 17.3. The number of likely N-dealkylation sites (tertiary alicyclic amines) is 3. The second-order valence-corrected chi connectivity index (χ2v) is 14.0. The van der Waals surface area contributed by atoms with Crippen molar-refractivity contribution < 1.29 is 19.1 Å². The number of urea groups is 1. The van der Waals surface area contributed by atoms with Crippen LogP contribution in [0.1, 0.15) is 56.1 Å². The van der Waals surface area contributed by atoms with E-state index in [0.717, 1.165) is 85.4 Å². The number of hydrogen-bond acceptors (Lipinski definition) is 7. The van der Waals surface area contributed by atoms with E-state index in [2.05, 4.69) is 38.4 Å². The lowest BCUT2D eigenvalue weighted by molar-refractivity contribution is -0.129. The first kappa shape index (κ1) is 31.6. The van der Waals surface area contributed by atoms with E-state index < -0.39 is 11.8 Å². The van der Waals surface area contributed by atoms with Gasteiger partial charge in [-0.15, -0.1) is 0 Å². The van der Waals surface area contributed by atoms with Crippen molar-refractivity contribution in [3.05, 3.63) is 59.8 Å². The van der Waals surface area contributed by atoms with Gasteiger partial charge < -0.3 is 24.6 Å². The number of aromatic nitrogens is 2. The van der Waals surface area contributed by atoms with Gasteiger partial charge in [-0.05, 0) is 99.8 Å². The Morgan fingerprint density at radius 2 is 1.77 bits per heavy atom. The van der Waals surface area contributed by atoms with Gasteiger partial charge in [0.2, 0.25) is 0 Å². The average Bonchev–Trinajstić information content (AvgIpc) is 3.49. The van der Waals surface area contributed by atoms with Crippen molar-refractivity contribution >= 4 is 35.0 Å². The molecule has 0 radical (unpaired) electrons. The fourth-order valence-corrected chi connectivity index (χ4v) is 8.69. The summed E-state index contributed by atoms with van der Waals surface area (Å²) in [6.07, 6.45) is 8.91. The highest BCUT2D eigenvalue weighted by atomic mass is 16.6. The van der Waals surface area contributed by atoms with E-state index in [0.29, 0.717) is 31.8 Å². The van der Waals surface area contributed by atoms with Gasteiger partial charge in [-0.2, -0.15) is 5.10 Å². The molecule has 7 rings (SSSR count). The third-order valence-corrected chi connectivity index (χ3v) is 11.4. The number of aromatic amines is 1. The zero-order valence-corrected chi connectivity index (χ0v) is 27.4. The van der Waals surface area contributed by atoms with Gasteiger partial charge >= 0.3 is 12.1 Å². The first-order chi connectivity index (χ1) is 22.9. The highest BCUT2D eigenvalue weighted by Crippen LogP contribution is 2.42. The zero-order valence-electron chi connectivity index (χ0n) is 27.4. The number of para-hydroxylation sites is 1. The number of carbonyl (C=O) groups excluding carboxylic acids is 3. The van der Waals surface area contributed by atoms with E-state index >= 15 is 0 Å². The average molecular weight is 642 g/mol. The van der Waals surface area contributed by atoms with Crippen LogP contribution in [0, 0.1) is 11.8 Å². The molecule has 0 saturated carbocycles. The maximum Gasteiger partial charge on any atom is 0.411 e. The molecule has 47 heavy (non-hydrogen) atoms. The van der Waals surface area contributed by atoms with Crippen LogP contribution in [0.3, 0.4) is 0 Å². The normalized spacial score (nSPS) is 25.3. The molecular weight excluding hydrogens is 594 g/mol. The number of benzene rings is 2. The highest BCUT2D eigenvalue weighted by Gasteiger charge is 2.52. The molecule has 0 bridgehead atoms. The molecule has 3 saturated heterocycles. The number of piperidine rings is 3. The number of H-pyrrole nitrogens is 1. The second kappa shape index (κ2) is 13.6. The van der Waals surface area contributed by atoms with Crippen molar-refractivity contribution in [2.45, 2.75) is 69.7 Å². The van der Waals surface area contributed by atoms with Gasteiger partial charge in [0.15, 0.2) is 0 Å². The smallest absolute Gasteiger partial charge is 0.411 e. The molecule has 2 atom stereocenters. The third kappa shape index (κ3) is 6.47. The summed E-state index contributed by atoms with van der Waals surface area (Å²) in [6, 6.07) is 13.6. The Bertz CT molecular complexity index is 1580. The highest BCUT2D eigenvalue weighted by molar-refractivity contribution is 5.91. The molecule has 0 spiro atoms. The first-order valence-electron chi connectivity index (χ1n) is 17.3. The maximum absolute atomic E-state index is 14.1. The molecule has 0 aliphatic carbocycles. The number of hydrogen-bond donors (Lipinski definition) is 2. The molecule has 11 nitrogen and oxygen atoms in total. The molecule has 2 aromatic carbocycles. The summed E-state index contributed by atoms with van der Waals surface area (Å²) in [5, 5.41) is 11.1. The molecule has 3 amide bonds. The van der Waals surface area contributed by atoms with Crippen molar-refractivity contribution in [3.63, 3.8) is 0 Å². The Morgan fingerprint density at radius 3 is 2.55 bits per heavy atom. The molecule has 2 N–H and O–H groups in total. The van der Waals surface area contributed by atoms with Crippen LogP contribution in [0.5, 0.6) is 0 Å². The number of nitrogens with zero attached hydrogens (tertiary/aromatic N) is 5. The number of amides is 3. The number of nitrogens with one attached hydrogen (secondary N) is 2.